The van der Waals surface area contributed by atoms with Gasteiger partial charge >= 0.3 is 0 Å². The highest BCUT2D eigenvalue weighted by atomic mass is 16.5. The van der Waals surface area contributed by atoms with Gasteiger partial charge in [-0.2, -0.15) is 10.2 Å². The number of benzene rings is 3. The number of rotatable bonds is 7. The van der Waals surface area contributed by atoms with Crippen molar-refractivity contribution >= 4 is 28.8 Å². The van der Waals surface area contributed by atoms with Crippen molar-refractivity contribution in [2.75, 3.05) is 7.11 Å². The summed E-state index contributed by atoms with van der Waals surface area (Å²) < 4.78 is 5.18. The van der Waals surface area contributed by atoms with Crippen molar-refractivity contribution in [3.05, 3.63) is 106 Å². The van der Waals surface area contributed by atoms with Crippen molar-refractivity contribution in [1.82, 2.24) is 20.9 Å². The summed E-state index contributed by atoms with van der Waals surface area (Å²) in [5.41, 5.74) is 3.31. The zero-order valence-electron chi connectivity index (χ0n) is 18.2. The van der Waals surface area contributed by atoms with E-state index in [4.69, 9.17) is 4.74 Å². The molecule has 1 heterocycles. The Hall–Kier alpha value is -4.79. The third-order valence-corrected chi connectivity index (χ3v) is 5.05. The minimum Gasteiger partial charge on any atom is -0.497 e. The van der Waals surface area contributed by atoms with Gasteiger partial charge in [-0.1, -0.05) is 48.5 Å². The van der Waals surface area contributed by atoms with Crippen LogP contribution in [-0.4, -0.2) is 35.3 Å². The molecular formula is C25H21N5O4. The van der Waals surface area contributed by atoms with Gasteiger partial charge < -0.3 is 10.1 Å². The van der Waals surface area contributed by atoms with Gasteiger partial charge in [0, 0.05) is 10.9 Å². The first kappa shape index (κ1) is 22.4. The maximum absolute atomic E-state index is 13.2. The summed E-state index contributed by atoms with van der Waals surface area (Å²) in [6.45, 7) is 0. The SMILES string of the molecule is COc1cccc(C=NNC(=O)[C@H](NC(=O)c2ccccc2)c2n[nH]c(=O)c3ccccc23)c1. The van der Waals surface area contributed by atoms with Crippen LogP contribution in [0.5, 0.6) is 5.75 Å². The number of hydrogen-bond donors (Lipinski definition) is 3. The molecule has 3 N–H and O–H groups in total. The second-order valence-corrected chi connectivity index (χ2v) is 7.27. The van der Waals surface area contributed by atoms with Crippen LogP contribution in [0.2, 0.25) is 0 Å². The molecule has 0 fully saturated rings. The molecule has 0 saturated heterocycles. The fourth-order valence-corrected chi connectivity index (χ4v) is 3.37. The molecule has 3 aromatic carbocycles. The monoisotopic (exact) mass is 455 g/mol. The van der Waals surface area contributed by atoms with Crippen molar-refractivity contribution < 1.29 is 14.3 Å². The quantitative estimate of drug-likeness (QED) is 0.292. The van der Waals surface area contributed by atoms with Crippen LogP contribution in [0, 0.1) is 0 Å². The predicted octanol–water partition coefficient (Wildman–Crippen LogP) is 2.55. The summed E-state index contributed by atoms with van der Waals surface area (Å²) in [5.74, 6) is -0.463. The molecule has 34 heavy (non-hydrogen) atoms. The number of carbonyl (C=O) groups is 2. The molecule has 9 heteroatoms. The lowest BCUT2D eigenvalue weighted by Crippen LogP contribution is -2.40. The van der Waals surface area contributed by atoms with Crippen molar-refractivity contribution in [2.24, 2.45) is 5.10 Å². The maximum Gasteiger partial charge on any atom is 0.272 e. The van der Waals surface area contributed by atoms with E-state index in [1.165, 1.54) is 6.21 Å². The van der Waals surface area contributed by atoms with Crippen LogP contribution in [0.1, 0.15) is 27.7 Å². The number of aromatic amines is 1. The summed E-state index contributed by atoms with van der Waals surface area (Å²) in [4.78, 5) is 38.2. The lowest BCUT2D eigenvalue weighted by molar-refractivity contribution is -0.123. The number of fused-ring (bicyclic) bond motifs is 1. The van der Waals surface area contributed by atoms with E-state index in [0.717, 1.165) is 0 Å². The van der Waals surface area contributed by atoms with Crippen LogP contribution in [0.4, 0.5) is 0 Å². The standard InChI is InChI=1S/C25H21N5O4/c1-34-18-11-7-8-16(14-18)15-26-29-25(33)22(27-23(31)17-9-3-2-4-10-17)21-19-12-5-6-13-20(19)24(32)30-28-21/h2-15,22H,1H3,(H,27,31)(H,29,33)(H,30,32)/t22-/m1/s1. The second kappa shape index (κ2) is 10.2. The highest BCUT2D eigenvalue weighted by Gasteiger charge is 2.27. The first-order valence-corrected chi connectivity index (χ1v) is 10.4. The second-order valence-electron chi connectivity index (χ2n) is 7.27. The Kier molecular flexibility index (Phi) is 6.73. The van der Waals surface area contributed by atoms with E-state index < -0.39 is 23.4 Å². The van der Waals surface area contributed by atoms with E-state index in [-0.39, 0.29) is 5.69 Å². The Morgan fingerprint density at radius 2 is 1.74 bits per heavy atom. The van der Waals surface area contributed by atoms with Gasteiger partial charge in [0.1, 0.15) is 11.4 Å². The number of carbonyl (C=O) groups excluding carboxylic acids is 2. The van der Waals surface area contributed by atoms with Crippen molar-refractivity contribution in [2.45, 2.75) is 6.04 Å². The van der Waals surface area contributed by atoms with Crippen LogP contribution >= 0.6 is 0 Å². The molecular weight excluding hydrogens is 434 g/mol. The zero-order chi connectivity index (χ0) is 23.9. The molecule has 4 aromatic rings. The molecule has 170 valence electrons. The third-order valence-electron chi connectivity index (χ3n) is 5.05. The molecule has 0 radical (unpaired) electrons. The number of hydrazone groups is 1. The molecule has 0 saturated carbocycles. The van der Waals surface area contributed by atoms with Crippen molar-refractivity contribution in [3.63, 3.8) is 0 Å². The molecule has 1 atom stereocenters. The topological polar surface area (TPSA) is 126 Å². The van der Waals surface area contributed by atoms with Crippen LogP contribution in [-0.2, 0) is 4.79 Å². The van der Waals surface area contributed by atoms with E-state index in [2.05, 4.69) is 26.0 Å². The average molecular weight is 455 g/mol. The van der Waals surface area contributed by atoms with Gasteiger partial charge in [0.05, 0.1) is 18.7 Å². The number of nitrogens with zero attached hydrogens (tertiary/aromatic N) is 2. The first-order valence-electron chi connectivity index (χ1n) is 10.4. The molecule has 0 spiro atoms. The minimum absolute atomic E-state index is 0.188. The number of aromatic nitrogens is 2. The molecule has 0 aliphatic carbocycles. The zero-order valence-corrected chi connectivity index (χ0v) is 18.2. The van der Waals surface area contributed by atoms with Gasteiger partial charge in [-0.15, -0.1) is 0 Å². The minimum atomic E-state index is -1.23. The Morgan fingerprint density at radius 3 is 2.50 bits per heavy atom. The van der Waals surface area contributed by atoms with E-state index in [9.17, 15) is 14.4 Å². The van der Waals surface area contributed by atoms with Crippen molar-refractivity contribution in [3.8, 4) is 5.75 Å². The van der Waals surface area contributed by atoms with E-state index in [1.807, 2.05) is 0 Å². The summed E-state index contributed by atoms with van der Waals surface area (Å²) in [6, 6.07) is 21.1. The number of amides is 2. The molecule has 0 unspecified atom stereocenters. The lowest BCUT2D eigenvalue weighted by Gasteiger charge is -2.18. The van der Waals surface area contributed by atoms with Crippen LogP contribution in [0.15, 0.2) is 88.8 Å². The summed E-state index contributed by atoms with van der Waals surface area (Å²) >= 11 is 0. The molecule has 4 rings (SSSR count). The smallest absolute Gasteiger partial charge is 0.272 e. The summed E-state index contributed by atoms with van der Waals surface area (Å²) in [7, 11) is 1.56. The highest BCUT2D eigenvalue weighted by molar-refractivity contribution is 5.99. The van der Waals surface area contributed by atoms with E-state index >= 15 is 0 Å². The maximum atomic E-state index is 13.2. The number of ether oxygens (including phenoxy) is 1. The van der Waals surface area contributed by atoms with E-state index in [1.54, 1.807) is 86.0 Å². The van der Waals surface area contributed by atoms with Crippen molar-refractivity contribution in [1.29, 1.82) is 0 Å². The van der Waals surface area contributed by atoms with E-state index in [0.29, 0.717) is 27.6 Å². The Bertz CT molecular complexity index is 1420. The average Bonchev–Trinajstić information content (AvgIpc) is 2.88. The predicted molar refractivity (Wildman–Crippen MR) is 128 cm³/mol. The van der Waals surface area contributed by atoms with Gasteiger partial charge in [-0.3, -0.25) is 14.4 Å². The summed E-state index contributed by atoms with van der Waals surface area (Å²) in [5, 5.41) is 14.0. The Morgan fingerprint density at radius 1 is 1.00 bits per heavy atom. The Balaban J connectivity index is 1.66. The number of H-pyrrole nitrogens is 1. The molecule has 1 aromatic heterocycles. The number of nitrogens with one attached hydrogen (secondary N) is 3. The first-order chi connectivity index (χ1) is 16.6. The van der Waals surface area contributed by atoms with Crippen LogP contribution in [0.25, 0.3) is 10.8 Å². The fourth-order valence-electron chi connectivity index (χ4n) is 3.37. The number of hydrogen-bond acceptors (Lipinski definition) is 6. The Labute approximate surface area is 194 Å². The molecule has 0 bridgehead atoms. The third kappa shape index (κ3) is 4.99. The van der Waals surface area contributed by atoms with Gasteiger partial charge in [-0.25, -0.2) is 10.5 Å². The van der Waals surface area contributed by atoms with Gasteiger partial charge in [0.15, 0.2) is 6.04 Å². The van der Waals surface area contributed by atoms with Gasteiger partial charge in [0.2, 0.25) is 0 Å². The molecule has 9 nitrogen and oxygen atoms in total. The highest BCUT2D eigenvalue weighted by Crippen LogP contribution is 2.20. The van der Waals surface area contributed by atoms with Crippen LogP contribution < -0.4 is 21.0 Å². The number of methoxy groups -OCH3 is 1. The van der Waals surface area contributed by atoms with Gasteiger partial charge in [-0.05, 0) is 35.9 Å². The fraction of sp³-hybridized carbons (Fsp3) is 0.0800. The van der Waals surface area contributed by atoms with Crippen LogP contribution in [0.3, 0.4) is 0 Å². The molecule has 2 amide bonds. The summed E-state index contributed by atoms with van der Waals surface area (Å²) in [6.07, 6.45) is 1.45. The van der Waals surface area contributed by atoms with Gasteiger partial charge in [0.25, 0.3) is 17.4 Å². The molecule has 0 aliphatic rings. The lowest BCUT2D eigenvalue weighted by atomic mass is 10.0. The normalized spacial score (nSPS) is 11.8. The largest absolute Gasteiger partial charge is 0.497 e. The molecule has 0 aliphatic heterocycles.